The number of esters is 1. The molecule has 1 aliphatic heterocycles. The SMILES string of the molecule is CC(NC(=O)C(CNC(=O)OC(C)(C)C)NC(=O)OC(C)(C)C)C(=O)OCCOc1ccc(-c2c(C#N)c(SCc3csc(-c4ccc(Cl)cc4)n3)nc(N3CCCC3)c2C#N)cc1. The van der Waals surface area contributed by atoms with Gasteiger partial charge in [-0.2, -0.15) is 10.5 Å². The standard InChI is InChI=1S/C45H51ClN8O8S2/c1-27(50-38(55)35(52-43(58)62-45(5,6)7)24-49-42(57)61-44(2,3)4)41(56)60-21-20-59-32-16-12-28(13-17-32)36-33(22-47)37(54-18-8-9-19-54)53-40(34(36)23-48)64-26-31-25-63-39(51-31)29-10-14-30(46)15-11-29/h10-17,25,27,35H,8-9,18-21,24,26H2,1-7H3,(H,49,57)(H,50,55)(H,52,58). The van der Waals surface area contributed by atoms with E-state index < -0.39 is 47.3 Å². The highest BCUT2D eigenvalue weighted by atomic mass is 35.5. The minimum absolute atomic E-state index is 0.0349. The maximum absolute atomic E-state index is 13.2. The van der Waals surface area contributed by atoms with Crippen molar-refractivity contribution in [2.75, 3.05) is 37.7 Å². The third kappa shape index (κ3) is 14.2. The summed E-state index contributed by atoms with van der Waals surface area (Å²) in [6.07, 6.45) is 0.223. The third-order valence-electron chi connectivity index (χ3n) is 9.08. The number of benzene rings is 2. The Morgan fingerprint density at radius 3 is 2.11 bits per heavy atom. The van der Waals surface area contributed by atoms with Crippen LogP contribution in [-0.4, -0.2) is 90.2 Å². The number of thiazole rings is 1. The van der Waals surface area contributed by atoms with E-state index in [-0.39, 0.29) is 25.3 Å². The molecular formula is C45H51ClN8O8S2. The van der Waals surface area contributed by atoms with Crippen molar-refractivity contribution >= 4 is 64.6 Å². The summed E-state index contributed by atoms with van der Waals surface area (Å²) in [6, 6.07) is 16.6. The lowest BCUT2D eigenvalue weighted by molar-refractivity contribution is -0.148. The highest BCUT2D eigenvalue weighted by molar-refractivity contribution is 7.98. The van der Waals surface area contributed by atoms with Gasteiger partial charge in [-0.3, -0.25) is 4.79 Å². The van der Waals surface area contributed by atoms with E-state index >= 15 is 0 Å². The monoisotopic (exact) mass is 930 g/mol. The minimum Gasteiger partial charge on any atom is -0.490 e. The maximum atomic E-state index is 13.2. The second kappa shape index (κ2) is 22.0. The van der Waals surface area contributed by atoms with Crippen molar-refractivity contribution in [1.29, 1.82) is 10.5 Å². The lowest BCUT2D eigenvalue weighted by atomic mass is 9.96. The molecule has 2 atom stereocenters. The number of rotatable bonds is 16. The fraction of sp³-hybridized carbons (Fsp3) is 0.422. The van der Waals surface area contributed by atoms with Crippen LogP contribution in [0.5, 0.6) is 5.75 Å². The Kier molecular flexibility index (Phi) is 16.8. The number of halogens is 1. The van der Waals surface area contributed by atoms with Gasteiger partial charge in [0, 0.05) is 40.4 Å². The van der Waals surface area contributed by atoms with Crippen LogP contribution in [0.1, 0.15) is 78.1 Å². The number of anilines is 1. The number of carbonyl (C=O) groups excluding carboxylic acids is 4. The van der Waals surface area contributed by atoms with Crippen LogP contribution in [-0.2, 0) is 29.6 Å². The zero-order chi connectivity index (χ0) is 46.6. The van der Waals surface area contributed by atoms with Gasteiger partial charge in [-0.05, 0) is 91.1 Å². The molecule has 0 bridgehead atoms. The van der Waals surface area contributed by atoms with Crippen LogP contribution in [0.4, 0.5) is 15.4 Å². The molecule has 2 unspecified atom stereocenters. The van der Waals surface area contributed by atoms with Crippen LogP contribution < -0.4 is 25.6 Å². The van der Waals surface area contributed by atoms with Gasteiger partial charge in [-0.15, -0.1) is 11.3 Å². The van der Waals surface area contributed by atoms with Crippen LogP contribution in [0, 0.1) is 22.7 Å². The average molecular weight is 932 g/mol. The first-order chi connectivity index (χ1) is 30.3. The summed E-state index contributed by atoms with van der Waals surface area (Å²) in [7, 11) is 0. The van der Waals surface area contributed by atoms with Crippen molar-refractivity contribution in [2.24, 2.45) is 0 Å². The van der Waals surface area contributed by atoms with Crippen molar-refractivity contribution in [3.8, 4) is 39.6 Å². The largest absolute Gasteiger partial charge is 0.490 e. The summed E-state index contributed by atoms with van der Waals surface area (Å²) in [6.45, 7) is 12.3. The molecule has 3 heterocycles. The number of hydrogen-bond acceptors (Lipinski definition) is 15. The molecule has 0 saturated carbocycles. The minimum atomic E-state index is -1.32. The Balaban J connectivity index is 1.21. The first-order valence-electron chi connectivity index (χ1n) is 20.5. The predicted octanol–water partition coefficient (Wildman–Crippen LogP) is 8.01. The van der Waals surface area contributed by atoms with Crippen molar-refractivity contribution < 1.29 is 38.1 Å². The van der Waals surface area contributed by atoms with Crippen LogP contribution >= 0.6 is 34.7 Å². The highest BCUT2D eigenvalue weighted by Crippen LogP contribution is 2.40. The number of carbonyl (C=O) groups is 4. The third-order valence-corrected chi connectivity index (χ3v) is 11.3. The Hall–Kier alpha value is -6.08. The number of nitriles is 2. The van der Waals surface area contributed by atoms with E-state index in [0.29, 0.717) is 44.1 Å². The topological polar surface area (TPSA) is 218 Å². The average Bonchev–Trinajstić information content (AvgIpc) is 3.95. The molecule has 4 aromatic rings. The summed E-state index contributed by atoms with van der Waals surface area (Å²) in [5.41, 5.74) is 1.83. The molecule has 2 aromatic carbocycles. The summed E-state index contributed by atoms with van der Waals surface area (Å²) in [5.74, 6) is -0.115. The number of ether oxygens (including phenoxy) is 4. The zero-order valence-corrected chi connectivity index (χ0v) is 39.1. The normalized spacial score (nSPS) is 13.4. The van der Waals surface area contributed by atoms with E-state index in [0.717, 1.165) is 42.2 Å². The van der Waals surface area contributed by atoms with E-state index in [4.69, 9.17) is 40.5 Å². The Morgan fingerprint density at radius 2 is 1.48 bits per heavy atom. The first-order valence-corrected chi connectivity index (χ1v) is 22.7. The van der Waals surface area contributed by atoms with Gasteiger partial charge in [0.05, 0.1) is 17.8 Å². The Morgan fingerprint density at radius 1 is 0.859 bits per heavy atom. The number of alkyl carbamates (subject to hydrolysis) is 2. The number of nitrogens with zero attached hydrogens (tertiary/aromatic N) is 5. The number of pyridine rings is 1. The number of amides is 3. The first kappa shape index (κ1) is 48.9. The molecule has 0 aliphatic carbocycles. The van der Waals surface area contributed by atoms with Crippen LogP contribution in [0.25, 0.3) is 21.7 Å². The van der Waals surface area contributed by atoms with Crippen molar-refractivity contribution in [3.63, 3.8) is 0 Å². The van der Waals surface area contributed by atoms with Gasteiger partial charge in [-0.25, -0.2) is 24.4 Å². The lowest BCUT2D eigenvalue weighted by Crippen LogP contribution is -2.56. The summed E-state index contributed by atoms with van der Waals surface area (Å²) < 4.78 is 21.7. The van der Waals surface area contributed by atoms with Gasteiger partial charge in [0.2, 0.25) is 5.91 Å². The van der Waals surface area contributed by atoms with Gasteiger partial charge in [0.15, 0.2) is 0 Å². The Labute approximate surface area is 386 Å². The van der Waals surface area contributed by atoms with Crippen molar-refractivity contribution in [2.45, 2.75) is 95.4 Å². The fourth-order valence-electron chi connectivity index (χ4n) is 6.23. The second-order valence-corrected chi connectivity index (χ2v) is 18.8. The summed E-state index contributed by atoms with van der Waals surface area (Å²) in [5, 5.41) is 32.3. The maximum Gasteiger partial charge on any atom is 0.408 e. The quantitative estimate of drug-likeness (QED) is 0.0420. The number of nitrogens with one attached hydrogen (secondary N) is 3. The van der Waals surface area contributed by atoms with Gasteiger partial charge in [0.1, 0.15) is 75.8 Å². The molecule has 3 amide bonds. The zero-order valence-electron chi connectivity index (χ0n) is 36.7. The highest BCUT2D eigenvalue weighted by Gasteiger charge is 2.30. The van der Waals surface area contributed by atoms with E-state index in [1.807, 2.05) is 29.6 Å². The summed E-state index contributed by atoms with van der Waals surface area (Å²) in [4.78, 5) is 62.6. The molecule has 1 aliphatic rings. The van der Waals surface area contributed by atoms with Crippen LogP contribution in [0.3, 0.4) is 0 Å². The number of hydrogen-bond donors (Lipinski definition) is 3. The smallest absolute Gasteiger partial charge is 0.408 e. The summed E-state index contributed by atoms with van der Waals surface area (Å²) >= 11 is 8.98. The molecule has 64 heavy (non-hydrogen) atoms. The molecular weight excluding hydrogens is 880 g/mol. The molecule has 5 rings (SSSR count). The number of thioether (sulfide) groups is 1. The fourth-order valence-corrected chi connectivity index (χ4v) is 8.16. The second-order valence-electron chi connectivity index (χ2n) is 16.6. The molecule has 0 spiro atoms. The molecule has 2 aromatic heterocycles. The van der Waals surface area contributed by atoms with Gasteiger partial charge >= 0.3 is 18.2 Å². The molecule has 16 nitrogen and oxygen atoms in total. The molecule has 338 valence electrons. The van der Waals surface area contributed by atoms with E-state index in [9.17, 15) is 29.7 Å². The van der Waals surface area contributed by atoms with Crippen LogP contribution in [0.2, 0.25) is 5.02 Å². The van der Waals surface area contributed by atoms with Gasteiger partial charge in [-0.1, -0.05) is 47.6 Å². The molecule has 1 saturated heterocycles. The molecule has 0 radical (unpaired) electrons. The lowest BCUT2D eigenvalue weighted by Gasteiger charge is -2.25. The van der Waals surface area contributed by atoms with Gasteiger partial charge in [0.25, 0.3) is 0 Å². The Bertz CT molecular complexity index is 2380. The van der Waals surface area contributed by atoms with E-state index in [1.54, 1.807) is 65.8 Å². The van der Waals surface area contributed by atoms with Crippen molar-refractivity contribution in [3.05, 3.63) is 75.8 Å². The van der Waals surface area contributed by atoms with Crippen LogP contribution in [0.15, 0.2) is 58.9 Å². The number of aromatic nitrogens is 2. The predicted molar refractivity (Wildman–Crippen MR) is 244 cm³/mol. The molecule has 3 N–H and O–H groups in total. The molecule has 1 fully saturated rings. The van der Waals surface area contributed by atoms with E-state index in [2.05, 4.69) is 33.0 Å². The van der Waals surface area contributed by atoms with E-state index in [1.165, 1.54) is 30.0 Å². The van der Waals surface area contributed by atoms with Gasteiger partial charge < -0.3 is 39.8 Å². The van der Waals surface area contributed by atoms with Crippen molar-refractivity contribution in [1.82, 2.24) is 25.9 Å². The molecule has 19 heteroatoms.